The molecule has 94 valence electrons. The molecule has 5 heteroatoms. The second-order valence-electron chi connectivity index (χ2n) is 5.83. The van der Waals surface area contributed by atoms with Crippen LogP contribution in [0.15, 0.2) is 0 Å². The van der Waals surface area contributed by atoms with Gasteiger partial charge in [0.25, 0.3) is 0 Å². The number of hydrogen-bond donors (Lipinski definition) is 3. The highest BCUT2D eigenvalue weighted by Crippen LogP contribution is 2.77. The maximum atomic E-state index is 9.53. The molecule has 2 saturated carbocycles. The minimum atomic E-state index is -1.49. The van der Waals surface area contributed by atoms with Crippen molar-refractivity contribution in [1.29, 1.82) is 0 Å². The highest BCUT2D eigenvalue weighted by molar-refractivity contribution is 5.22. The number of rotatable bonds is 4. The molecule has 0 aromatic carbocycles. The number of fused-ring (bicyclic) bond motifs is 1. The summed E-state index contributed by atoms with van der Waals surface area (Å²) in [5.41, 5.74) is -0.760. The molecule has 0 aliphatic heterocycles. The van der Waals surface area contributed by atoms with E-state index in [0.29, 0.717) is 12.3 Å². The summed E-state index contributed by atoms with van der Waals surface area (Å²) in [4.78, 5) is 8.80. The van der Waals surface area contributed by atoms with E-state index in [1.165, 1.54) is 0 Å². The molecule has 0 bridgehead atoms. The van der Waals surface area contributed by atoms with Crippen molar-refractivity contribution in [3.05, 3.63) is 0 Å². The second kappa shape index (κ2) is 3.40. The Hall–Kier alpha value is -0.200. The van der Waals surface area contributed by atoms with Gasteiger partial charge < -0.3 is 5.11 Å². The van der Waals surface area contributed by atoms with Crippen LogP contribution in [0.1, 0.15) is 33.6 Å². The van der Waals surface area contributed by atoms with Crippen molar-refractivity contribution in [2.24, 2.45) is 22.7 Å². The van der Waals surface area contributed by atoms with Gasteiger partial charge >= 0.3 is 0 Å². The summed E-state index contributed by atoms with van der Waals surface area (Å²) in [7, 11) is 0. The summed E-state index contributed by atoms with van der Waals surface area (Å²) in [5, 5.41) is 27.6. The highest BCUT2D eigenvalue weighted by atomic mass is 17.2. The fourth-order valence-electron chi connectivity index (χ4n) is 3.64. The summed E-state index contributed by atoms with van der Waals surface area (Å²) in [6, 6.07) is 0. The lowest BCUT2D eigenvalue weighted by atomic mass is 9.80. The molecule has 0 amide bonds. The minimum absolute atomic E-state index is 0.00292. The van der Waals surface area contributed by atoms with Crippen molar-refractivity contribution >= 4 is 0 Å². The summed E-state index contributed by atoms with van der Waals surface area (Å²) >= 11 is 0. The van der Waals surface area contributed by atoms with E-state index >= 15 is 0 Å². The van der Waals surface area contributed by atoms with Crippen molar-refractivity contribution in [1.82, 2.24) is 0 Å². The van der Waals surface area contributed by atoms with Crippen LogP contribution >= 0.6 is 0 Å². The van der Waals surface area contributed by atoms with E-state index in [2.05, 4.69) is 23.6 Å². The first-order valence-corrected chi connectivity index (χ1v) is 5.68. The third-order valence-electron chi connectivity index (χ3n) is 5.09. The fourth-order valence-corrected chi connectivity index (χ4v) is 3.64. The van der Waals surface area contributed by atoms with Crippen molar-refractivity contribution in [2.45, 2.75) is 39.4 Å². The van der Waals surface area contributed by atoms with Crippen LogP contribution in [0.3, 0.4) is 0 Å². The summed E-state index contributed by atoms with van der Waals surface area (Å²) in [5.74, 6) is -0.880. The Bertz CT molecular complexity index is 283. The molecule has 5 nitrogen and oxygen atoms in total. The first-order valence-electron chi connectivity index (χ1n) is 5.68. The number of aliphatic hydroxyl groups is 1. The van der Waals surface area contributed by atoms with Gasteiger partial charge in [0, 0.05) is 6.42 Å². The lowest BCUT2D eigenvalue weighted by Gasteiger charge is -2.38. The van der Waals surface area contributed by atoms with E-state index in [1.54, 1.807) is 6.92 Å². The average molecular weight is 232 g/mol. The van der Waals surface area contributed by atoms with E-state index in [-0.39, 0.29) is 17.9 Å². The van der Waals surface area contributed by atoms with Gasteiger partial charge in [0.05, 0.1) is 12.0 Å². The molecule has 0 heterocycles. The van der Waals surface area contributed by atoms with Gasteiger partial charge in [0.2, 0.25) is 5.79 Å². The summed E-state index contributed by atoms with van der Waals surface area (Å²) in [6.07, 6.45) is 1.39. The molecule has 0 radical (unpaired) electrons. The quantitative estimate of drug-likeness (QED) is 0.391. The molecule has 2 rings (SSSR count). The first kappa shape index (κ1) is 12.3. The Kier molecular flexibility index (Phi) is 2.60. The van der Waals surface area contributed by atoms with Crippen molar-refractivity contribution in [3.63, 3.8) is 0 Å². The Morgan fingerprint density at radius 1 is 1.31 bits per heavy atom. The van der Waals surface area contributed by atoms with Gasteiger partial charge in [-0.25, -0.2) is 10.5 Å². The van der Waals surface area contributed by atoms with E-state index in [4.69, 9.17) is 10.5 Å². The maximum Gasteiger partial charge on any atom is 0.241 e. The lowest BCUT2D eigenvalue weighted by molar-refractivity contribution is -0.513. The predicted molar refractivity (Wildman–Crippen MR) is 55.3 cm³/mol. The monoisotopic (exact) mass is 232 g/mol. The van der Waals surface area contributed by atoms with Gasteiger partial charge in [-0.2, -0.15) is 9.78 Å². The molecule has 0 unspecified atom stereocenters. The van der Waals surface area contributed by atoms with Crippen LogP contribution in [0.2, 0.25) is 0 Å². The van der Waals surface area contributed by atoms with Crippen LogP contribution in [0.5, 0.6) is 0 Å². The van der Waals surface area contributed by atoms with Crippen molar-refractivity contribution in [3.8, 4) is 0 Å². The van der Waals surface area contributed by atoms with Crippen LogP contribution in [-0.4, -0.2) is 28.0 Å². The van der Waals surface area contributed by atoms with Gasteiger partial charge in [0.1, 0.15) is 0 Å². The van der Waals surface area contributed by atoms with Crippen molar-refractivity contribution < 1.29 is 25.4 Å². The van der Waals surface area contributed by atoms with E-state index < -0.39 is 11.2 Å². The topological polar surface area (TPSA) is 79.2 Å². The van der Waals surface area contributed by atoms with E-state index in [1.807, 2.05) is 0 Å². The molecule has 0 aromatic rings. The molecule has 3 atom stereocenters. The Balaban J connectivity index is 2.37. The van der Waals surface area contributed by atoms with Crippen molar-refractivity contribution in [2.75, 3.05) is 6.61 Å². The smallest absolute Gasteiger partial charge is 0.241 e. The Labute approximate surface area is 94.8 Å². The van der Waals surface area contributed by atoms with Gasteiger partial charge in [-0.05, 0) is 23.7 Å². The standard InChI is InChI=1S/C11H20O5/c1-7(2)10-4-8(10)9(3,6-12)11(5-10,15-13)16-14/h7-8,12-14H,4-6H2,1-3H3/t8-,9-,10+/m1/s1. The lowest BCUT2D eigenvalue weighted by Crippen LogP contribution is -2.50. The van der Waals surface area contributed by atoms with Crippen LogP contribution in [0.25, 0.3) is 0 Å². The molecule has 0 spiro atoms. The fraction of sp³-hybridized carbons (Fsp3) is 1.00. The molecule has 0 saturated heterocycles. The third-order valence-corrected chi connectivity index (χ3v) is 5.09. The van der Waals surface area contributed by atoms with Crippen LogP contribution in [0, 0.1) is 22.7 Å². The minimum Gasteiger partial charge on any atom is -0.396 e. The van der Waals surface area contributed by atoms with Crippen LogP contribution in [-0.2, 0) is 9.78 Å². The van der Waals surface area contributed by atoms with E-state index in [0.717, 1.165) is 6.42 Å². The zero-order chi connectivity index (χ0) is 12.2. The van der Waals surface area contributed by atoms with Crippen LogP contribution in [0.4, 0.5) is 0 Å². The number of hydrogen-bond acceptors (Lipinski definition) is 5. The molecule has 0 aromatic heterocycles. The summed E-state index contributed by atoms with van der Waals surface area (Å²) in [6.45, 7) is 5.79. The largest absolute Gasteiger partial charge is 0.396 e. The van der Waals surface area contributed by atoms with Crippen LogP contribution < -0.4 is 0 Å². The Morgan fingerprint density at radius 2 is 1.88 bits per heavy atom. The Morgan fingerprint density at radius 3 is 2.19 bits per heavy atom. The van der Waals surface area contributed by atoms with Gasteiger partial charge in [-0.1, -0.05) is 20.8 Å². The third kappa shape index (κ3) is 1.13. The molecule has 3 N–H and O–H groups in total. The second-order valence-corrected chi connectivity index (χ2v) is 5.83. The molecule has 2 aliphatic carbocycles. The van der Waals surface area contributed by atoms with E-state index in [9.17, 15) is 5.11 Å². The maximum absolute atomic E-state index is 9.53. The van der Waals surface area contributed by atoms with Gasteiger partial charge in [-0.3, -0.25) is 0 Å². The normalized spacial score (nSPS) is 44.8. The number of aliphatic hydroxyl groups excluding tert-OH is 1. The molecule has 16 heavy (non-hydrogen) atoms. The highest BCUT2D eigenvalue weighted by Gasteiger charge is 2.79. The zero-order valence-electron chi connectivity index (χ0n) is 9.93. The molecular formula is C11H20O5. The average Bonchev–Trinajstić information content (AvgIpc) is 2.97. The van der Waals surface area contributed by atoms with Gasteiger partial charge in [0.15, 0.2) is 0 Å². The molecule has 2 aliphatic rings. The molecular weight excluding hydrogens is 212 g/mol. The predicted octanol–water partition coefficient (Wildman–Crippen LogP) is 1.73. The summed E-state index contributed by atoms with van der Waals surface area (Å²) < 4.78 is 0. The zero-order valence-corrected chi connectivity index (χ0v) is 9.93. The first-order chi connectivity index (χ1) is 7.42. The van der Waals surface area contributed by atoms with Gasteiger partial charge in [-0.15, -0.1) is 0 Å². The SMILES string of the molecule is CC(C)[C@@]12C[C@@H]1[C@@](C)(CO)C(OO)(OO)C2. The molecule has 2 fully saturated rings.